The van der Waals surface area contributed by atoms with Crippen molar-refractivity contribution in [2.45, 2.75) is 32.0 Å². The fourth-order valence-electron chi connectivity index (χ4n) is 5.50. The van der Waals surface area contributed by atoms with Crippen molar-refractivity contribution in [1.82, 2.24) is 24.7 Å². The van der Waals surface area contributed by atoms with Gasteiger partial charge in [-0.1, -0.05) is 12.1 Å². The molecule has 6 rings (SSSR count). The zero-order valence-corrected chi connectivity index (χ0v) is 20.0. The molecule has 2 saturated heterocycles. The molecule has 9 nitrogen and oxygen atoms in total. The highest BCUT2D eigenvalue weighted by Crippen LogP contribution is 2.33. The van der Waals surface area contributed by atoms with Gasteiger partial charge in [0, 0.05) is 51.8 Å². The highest BCUT2D eigenvalue weighted by atomic mass is 19.1. The molecule has 10 heteroatoms. The van der Waals surface area contributed by atoms with Gasteiger partial charge in [-0.05, 0) is 36.2 Å². The zero-order chi connectivity index (χ0) is 25.0. The van der Waals surface area contributed by atoms with Crippen molar-refractivity contribution < 1.29 is 18.8 Å². The second-order valence-electron chi connectivity index (χ2n) is 9.70. The summed E-state index contributed by atoms with van der Waals surface area (Å²) in [6.07, 6.45) is 0.474. The molecule has 2 fully saturated rings. The Balaban J connectivity index is 1.14. The largest absolute Gasteiger partial charge is 0.367 e. The van der Waals surface area contributed by atoms with Crippen molar-refractivity contribution in [2.75, 3.05) is 31.1 Å². The number of fused-ring (bicyclic) bond motifs is 2. The molecule has 1 N–H and O–H groups in total. The average Bonchev–Trinajstić information content (AvgIpc) is 3.35. The molecule has 1 atom stereocenters. The zero-order valence-electron chi connectivity index (χ0n) is 20.0. The molecule has 36 heavy (non-hydrogen) atoms. The van der Waals surface area contributed by atoms with Crippen LogP contribution in [0.4, 0.5) is 10.1 Å². The van der Waals surface area contributed by atoms with E-state index in [0.29, 0.717) is 29.9 Å². The third-order valence-electron chi connectivity index (χ3n) is 7.55. The van der Waals surface area contributed by atoms with Gasteiger partial charge in [0.25, 0.3) is 5.91 Å². The lowest BCUT2D eigenvalue weighted by Gasteiger charge is -2.36. The first kappa shape index (κ1) is 22.7. The number of aromatic nitrogens is 2. The first-order valence-corrected chi connectivity index (χ1v) is 12.2. The van der Waals surface area contributed by atoms with Gasteiger partial charge in [0.15, 0.2) is 0 Å². The van der Waals surface area contributed by atoms with E-state index in [-0.39, 0.29) is 31.2 Å². The maximum atomic E-state index is 15.2. The Bertz CT molecular complexity index is 1390. The molecule has 4 heterocycles. The van der Waals surface area contributed by atoms with Crippen LogP contribution in [0, 0.1) is 5.82 Å². The van der Waals surface area contributed by atoms with Gasteiger partial charge in [0.1, 0.15) is 17.7 Å². The minimum absolute atomic E-state index is 0.189. The number of imidazole rings is 1. The third-order valence-corrected chi connectivity index (χ3v) is 7.55. The van der Waals surface area contributed by atoms with Crippen LogP contribution >= 0.6 is 0 Å². The number of amides is 3. The number of anilines is 1. The second-order valence-corrected chi connectivity index (χ2v) is 9.70. The van der Waals surface area contributed by atoms with Crippen LogP contribution in [-0.4, -0.2) is 69.3 Å². The minimum Gasteiger partial charge on any atom is -0.367 e. The molecule has 3 aromatic rings. The number of piperazine rings is 1. The van der Waals surface area contributed by atoms with Crippen molar-refractivity contribution in [2.24, 2.45) is 7.05 Å². The van der Waals surface area contributed by atoms with Gasteiger partial charge in [-0.3, -0.25) is 24.6 Å². The predicted molar refractivity (Wildman–Crippen MR) is 131 cm³/mol. The highest BCUT2D eigenvalue weighted by Gasteiger charge is 2.40. The molecular formula is C26H27FN6O3. The number of carbonyl (C=O) groups excluding carboxylic acids is 3. The maximum Gasteiger partial charge on any atom is 0.255 e. The summed E-state index contributed by atoms with van der Waals surface area (Å²) in [5.74, 6) is -0.595. The Kier molecular flexibility index (Phi) is 5.48. The van der Waals surface area contributed by atoms with Gasteiger partial charge in [-0.2, -0.15) is 0 Å². The van der Waals surface area contributed by atoms with Crippen molar-refractivity contribution in [3.8, 4) is 0 Å². The summed E-state index contributed by atoms with van der Waals surface area (Å²) >= 11 is 0. The lowest BCUT2D eigenvalue weighted by atomic mass is 10.0. The molecule has 3 amide bonds. The average molecular weight is 491 g/mol. The summed E-state index contributed by atoms with van der Waals surface area (Å²) in [4.78, 5) is 47.2. The molecule has 2 aromatic carbocycles. The normalized spacial score (nSPS) is 20.8. The summed E-state index contributed by atoms with van der Waals surface area (Å²) in [6.45, 7) is 3.80. The van der Waals surface area contributed by atoms with Crippen LogP contribution in [0.25, 0.3) is 11.0 Å². The SMILES string of the molecule is Cn1c(CN2CCN(c3cc4c(cc3F)C(=O)N(C3CCC(=O)NC3=O)C4)CC2)nc2ccccc21. The van der Waals surface area contributed by atoms with Crippen LogP contribution in [-0.2, 0) is 29.7 Å². The minimum atomic E-state index is -0.708. The van der Waals surface area contributed by atoms with Crippen LogP contribution in [0.3, 0.4) is 0 Å². The number of nitrogens with zero attached hydrogens (tertiary/aromatic N) is 5. The van der Waals surface area contributed by atoms with Crippen LogP contribution in [0.1, 0.15) is 34.6 Å². The topological polar surface area (TPSA) is 90.8 Å². The summed E-state index contributed by atoms with van der Waals surface area (Å²) < 4.78 is 17.3. The third kappa shape index (κ3) is 3.81. The van der Waals surface area contributed by atoms with E-state index < -0.39 is 17.8 Å². The number of rotatable bonds is 4. The molecule has 3 aliphatic heterocycles. The molecule has 3 aliphatic rings. The molecule has 0 spiro atoms. The fourth-order valence-corrected chi connectivity index (χ4v) is 5.50. The quantitative estimate of drug-likeness (QED) is 0.561. The van der Waals surface area contributed by atoms with E-state index in [2.05, 4.69) is 20.9 Å². The van der Waals surface area contributed by atoms with Crippen molar-refractivity contribution >= 4 is 34.4 Å². The highest BCUT2D eigenvalue weighted by molar-refractivity contribution is 6.05. The van der Waals surface area contributed by atoms with Gasteiger partial charge in [0.2, 0.25) is 11.8 Å². The number of halogens is 1. The van der Waals surface area contributed by atoms with Gasteiger partial charge in [-0.25, -0.2) is 9.37 Å². The number of nitrogens with one attached hydrogen (secondary N) is 1. The van der Waals surface area contributed by atoms with E-state index in [1.165, 1.54) is 11.0 Å². The monoisotopic (exact) mass is 490 g/mol. The Morgan fingerprint density at radius 1 is 1.08 bits per heavy atom. The van der Waals surface area contributed by atoms with Crippen LogP contribution < -0.4 is 10.2 Å². The standard InChI is InChI=1S/C26H27FN6O3/c1-30-20-5-3-2-4-19(20)28-23(30)15-31-8-10-32(11-9-31)22-12-16-14-33(26(36)17(16)13-18(22)27)21-6-7-24(34)29-25(21)35/h2-5,12-13,21H,6-11,14-15H2,1H3,(H,29,34,35). The van der Waals surface area contributed by atoms with E-state index in [1.807, 2.05) is 30.1 Å². The van der Waals surface area contributed by atoms with E-state index in [9.17, 15) is 14.4 Å². The van der Waals surface area contributed by atoms with Gasteiger partial charge < -0.3 is 14.4 Å². The number of imide groups is 1. The Hall–Kier alpha value is -3.79. The smallest absolute Gasteiger partial charge is 0.255 e. The van der Waals surface area contributed by atoms with E-state index in [1.54, 1.807) is 6.07 Å². The predicted octanol–water partition coefficient (Wildman–Crippen LogP) is 1.80. The van der Waals surface area contributed by atoms with Crippen molar-refractivity contribution in [1.29, 1.82) is 0 Å². The molecule has 0 aliphatic carbocycles. The van der Waals surface area contributed by atoms with Crippen molar-refractivity contribution in [3.63, 3.8) is 0 Å². The first-order chi connectivity index (χ1) is 17.4. The first-order valence-electron chi connectivity index (χ1n) is 12.2. The molecule has 0 radical (unpaired) electrons. The molecule has 0 bridgehead atoms. The maximum absolute atomic E-state index is 15.2. The van der Waals surface area contributed by atoms with E-state index in [0.717, 1.165) is 36.5 Å². The Labute approximate surface area is 207 Å². The number of benzene rings is 2. The number of hydrogen-bond donors (Lipinski definition) is 1. The number of piperidine rings is 1. The fraction of sp³-hybridized carbons (Fsp3) is 0.385. The van der Waals surface area contributed by atoms with E-state index in [4.69, 9.17) is 4.98 Å². The van der Waals surface area contributed by atoms with Crippen LogP contribution in [0.2, 0.25) is 0 Å². The van der Waals surface area contributed by atoms with E-state index >= 15 is 4.39 Å². The summed E-state index contributed by atoms with van der Waals surface area (Å²) in [5, 5.41) is 2.30. The van der Waals surface area contributed by atoms with Crippen LogP contribution in [0.5, 0.6) is 0 Å². The molecular weight excluding hydrogens is 463 g/mol. The van der Waals surface area contributed by atoms with Gasteiger partial charge in [0.05, 0.1) is 23.3 Å². The number of para-hydroxylation sites is 2. The number of hydrogen-bond acceptors (Lipinski definition) is 6. The summed E-state index contributed by atoms with van der Waals surface area (Å²) in [6, 6.07) is 10.4. The molecule has 0 saturated carbocycles. The molecule has 1 aromatic heterocycles. The number of carbonyl (C=O) groups is 3. The van der Waals surface area contributed by atoms with Crippen molar-refractivity contribution in [3.05, 3.63) is 59.2 Å². The Morgan fingerprint density at radius 3 is 2.61 bits per heavy atom. The summed E-state index contributed by atoms with van der Waals surface area (Å²) in [5.41, 5.74) is 3.57. The molecule has 186 valence electrons. The lowest BCUT2D eigenvalue weighted by molar-refractivity contribution is -0.136. The number of aryl methyl sites for hydroxylation is 1. The summed E-state index contributed by atoms with van der Waals surface area (Å²) in [7, 11) is 2.03. The van der Waals surface area contributed by atoms with Crippen LogP contribution in [0.15, 0.2) is 36.4 Å². The van der Waals surface area contributed by atoms with Gasteiger partial charge >= 0.3 is 0 Å². The lowest BCUT2D eigenvalue weighted by Crippen LogP contribution is -2.52. The van der Waals surface area contributed by atoms with Gasteiger partial charge in [-0.15, -0.1) is 0 Å². The molecule has 1 unspecified atom stereocenters. The second kappa shape index (κ2) is 8.70. The Morgan fingerprint density at radius 2 is 1.86 bits per heavy atom.